The summed E-state index contributed by atoms with van der Waals surface area (Å²) >= 11 is 1.54. The van der Waals surface area contributed by atoms with Crippen molar-refractivity contribution in [2.75, 3.05) is 19.0 Å². The van der Waals surface area contributed by atoms with Crippen LogP contribution in [0.25, 0.3) is 5.65 Å². The molecule has 7 nitrogen and oxygen atoms in total. The second-order valence-electron chi connectivity index (χ2n) is 5.73. The number of amides is 1. The molecule has 0 aromatic carbocycles. The van der Waals surface area contributed by atoms with Gasteiger partial charge >= 0.3 is 0 Å². The van der Waals surface area contributed by atoms with Crippen LogP contribution < -0.4 is 10.2 Å². The molecule has 126 valence electrons. The van der Waals surface area contributed by atoms with Gasteiger partial charge in [0.2, 0.25) is 0 Å². The molecule has 3 rings (SSSR count). The van der Waals surface area contributed by atoms with Crippen molar-refractivity contribution in [1.82, 2.24) is 25.1 Å². The Kier molecular flexibility index (Phi) is 4.48. The highest BCUT2D eigenvalue weighted by Gasteiger charge is 2.14. The van der Waals surface area contributed by atoms with Crippen LogP contribution in [-0.4, -0.2) is 39.8 Å². The third-order valence-corrected chi connectivity index (χ3v) is 5.12. The Balaban J connectivity index is 1.77. The molecule has 0 saturated heterocycles. The van der Waals surface area contributed by atoms with E-state index in [0.717, 1.165) is 22.7 Å². The number of hydrogen-bond acceptors (Lipinski definition) is 6. The van der Waals surface area contributed by atoms with E-state index in [1.54, 1.807) is 4.52 Å². The highest BCUT2D eigenvalue weighted by molar-refractivity contribution is 7.14. The summed E-state index contributed by atoms with van der Waals surface area (Å²) in [6, 6.07) is 5.67. The minimum atomic E-state index is -0.0942. The summed E-state index contributed by atoms with van der Waals surface area (Å²) < 4.78 is 1.66. The number of rotatable bonds is 5. The molecule has 0 bridgehead atoms. The molecule has 0 radical (unpaired) electrons. The number of carbonyl (C=O) groups excluding carboxylic acids is 1. The van der Waals surface area contributed by atoms with Crippen molar-refractivity contribution in [2.45, 2.75) is 26.8 Å². The van der Waals surface area contributed by atoms with E-state index in [-0.39, 0.29) is 12.5 Å². The minimum Gasteiger partial charge on any atom is -0.361 e. The highest BCUT2D eigenvalue weighted by atomic mass is 32.1. The second kappa shape index (κ2) is 6.56. The first-order valence-electron chi connectivity index (χ1n) is 7.75. The Morgan fingerprint density at radius 1 is 1.33 bits per heavy atom. The van der Waals surface area contributed by atoms with E-state index in [0.29, 0.717) is 11.5 Å². The summed E-state index contributed by atoms with van der Waals surface area (Å²) in [5.41, 5.74) is 1.82. The Morgan fingerprint density at radius 2 is 2.12 bits per heavy atom. The number of thiophene rings is 1. The SMILES string of the molecule is CCc1sc(C(=O)NCc2nnc3ccc(N(C)C)nn23)cc1C. The van der Waals surface area contributed by atoms with Gasteiger partial charge in [0, 0.05) is 19.0 Å². The van der Waals surface area contributed by atoms with E-state index >= 15 is 0 Å². The molecule has 3 heterocycles. The van der Waals surface area contributed by atoms with Gasteiger partial charge in [-0.2, -0.15) is 4.52 Å². The molecule has 0 saturated carbocycles. The number of fused-ring (bicyclic) bond motifs is 1. The maximum atomic E-state index is 12.3. The molecule has 0 unspecified atom stereocenters. The van der Waals surface area contributed by atoms with E-state index in [1.807, 2.05) is 44.1 Å². The van der Waals surface area contributed by atoms with Gasteiger partial charge in [0.25, 0.3) is 5.91 Å². The monoisotopic (exact) mass is 344 g/mol. The summed E-state index contributed by atoms with van der Waals surface area (Å²) in [7, 11) is 3.84. The summed E-state index contributed by atoms with van der Waals surface area (Å²) in [4.78, 5) is 16.2. The molecule has 1 N–H and O–H groups in total. The van der Waals surface area contributed by atoms with Crippen molar-refractivity contribution >= 4 is 28.7 Å². The zero-order chi connectivity index (χ0) is 17.3. The molecule has 0 aliphatic carbocycles. The van der Waals surface area contributed by atoms with Crippen molar-refractivity contribution in [3.63, 3.8) is 0 Å². The van der Waals surface area contributed by atoms with E-state index in [9.17, 15) is 4.79 Å². The van der Waals surface area contributed by atoms with Crippen LogP contribution >= 0.6 is 11.3 Å². The molecule has 24 heavy (non-hydrogen) atoms. The molecule has 0 atom stereocenters. The molecule has 0 aliphatic rings. The number of nitrogens with one attached hydrogen (secondary N) is 1. The van der Waals surface area contributed by atoms with E-state index in [2.05, 4.69) is 27.5 Å². The predicted molar refractivity (Wildman–Crippen MR) is 94.7 cm³/mol. The summed E-state index contributed by atoms with van der Waals surface area (Å²) in [5, 5.41) is 15.6. The summed E-state index contributed by atoms with van der Waals surface area (Å²) in [5.74, 6) is 1.31. The third-order valence-electron chi connectivity index (χ3n) is 3.74. The van der Waals surface area contributed by atoms with Crippen LogP contribution in [0.5, 0.6) is 0 Å². The van der Waals surface area contributed by atoms with Gasteiger partial charge in [-0.3, -0.25) is 4.79 Å². The minimum absolute atomic E-state index is 0.0942. The van der Waals surface area contributed by atoms with Gasteiger partial charge in [-0.25, -0.2) is 0 Å². The van der Waals surface area contributed by atoms with Crippen molar-refractivity contribution < 1.29 is 4.79 Å². The fourth-order valence-corrected chi connectivity index (χ4v) is 3.43. The standard InChI is InChI=1S/C16H20N6OS/c1-5-11-10(2)8-12(24-11)16(23)17-9-15-19-18-13-6-7-14(21(3)4)20-22(13)15/h6-8H,5,9H2,1-4H3,(H,17,23). The quantitative estimate of drug-likeness (QED) is 0.767. The van der Waals surface area contributed by atoms with Crippen LogP contribution in [0.1, 0.15) is 32.9 Å². The van der Waals surface area contributed by atoms with Crippen LogP contribution in [0.2, 0.25) is 0 Å². The zero-order valence-corrected chi connectivity index (χ0v) is 15.0. The van der Waals surface area contributed by atoms with Gasteiger partial charge in [-0.15, -0.1) is 26.6 Å². The summed E-state index contributed by atoms with van der Waals surface area (Å²) in [6.07, 6.45) is 0.940. The number of carbonyl (C=O) groups is 1. The first kappa shape index (κ1) is 16.4. The molecule has 3 aromatic heterocycles. The fourth-order valence-electron chi connectivity index (χ4n) is 2.40. The molecular formula is C16H20N6OS. The van der Waals surface area contributed by atoms with E-state index in [1.165, 1.54) is 16.2 Å². The van der Waals surface area contributed by atoms with Gasteiger partial charge in [0.1, 0.15) is 5.82 Å². The number of nitrogens with zero attached hydrogens (tertiary/aromatic N) is 5. The third kappa shape index (κ3) is 3.09. The smallest absolute Gasteiger partial charge is 0.261 e. The number of aromatic nitrogens is 4. The molecule has 0 fully saturated rings. The van der Waals surface area contributed by atoms with Gasteiger partial charge < -0.3 is 10.2 Å². The highest BCUT2D eigenvalue weighted by Crippen LogP contribution is 2.22. The van der Waals surface area contributed by atoms with Crippen molar-refractivity contribution in [1.29, 1.82) is 0 Å². The number of anilines is 1. The molecule has 0 spiro atoms. The summed E-state index contributed by atoms with van der Waals surface area (Å²) in [6.45, 7) is 4.41. The van der Waals surface area contributed by atoms with Crippen LogP contribution in [-0.2, 0) is 13.0 Å². The first-order chi connectivity index (χ1) is 11.5. The molecule has 3 aromatic rings. The maximum Gasteiger partial charge on any atom is 0.261 e. The largest absolute Gasteiger partial charge is 0.361 e. The zero-order valence-electron chi connectivity index (χ0n) is 14.2. The number of aryl methyl sites for hydroxylation is 2. The number of hydrogen-bond donors (Lipinski definition) is 1. The normalized spacial score (nSPS) is 11.0. The van der Waals surface area contributed by atoms with E-state index < -0.39 is 0 Å². The predicted octanol–water partition coefficient (Wildman–Crippen LogP) is 2.05. The lowest BCUT2D eigenvalue weighted by Crippen LogP contribution is -2.23. The topological polar surface area (TPSA) is 75.4 Å². The lowest BCUT2D eigenvalue weighted by atomic mass is 10.2. The lowest BCUT2D eigenvalue weighted by molar-refractivity contribution is 0.0953. The molecule has 0 aliphatic heterocycles. The van der Waals surface area contributed by atoms with Gasteiger partial charge in [-0.05, 0) is 37.1 Å². The van der Waals surface area contributed by atoms with Crippen LogP contribution in [0.15, 0.2) is 18.2 Å². The molecular weight excluding hydrogens is 324 g/mol. The van der Waals surface area contributed by atoms with Crippen LogP contribution in [0.3, 0.4) is 0 Å². The van der Waals surface area contributed by atoms with Crippen LogP contribution in [0.4, 0.5) is 5.82 Å². The lowest BCUT2D eigenvalue weighted by Gasteiger charge is -2.10. The Labute approximate surface area is 144 Å². The van der Waals surface area contributed by atoms with E-state index in [4.69, 9.17) is 0 Å². The van der Waals surface area contributed by atoms with Crippen molar-refractivity contribution in [2.24, 2.45) is 0 Å². The van der Waals surface area contributed by atoms with Crippen molar-refractivity contribution in [3.05, 3.63) is 39.3 Å². The van der Waals surface area contributed by atoms with Crippen molar-refractivity contribution in [3.8, 4) is 0 Å². The Morgan fingerprint density at radius 3 is 2.79 bits per heavy atom. The first-order valence-corrected chi connectivity index (χ1v) is 8.57. The Hall–Kier alpha value is -2.48. The second-order valence-corrected chi connectivity index (χ2v) is 6.86. The maximum absolute atomic E-state index is 12.3. The average Bonchev–Trinajstić information content (AvgIpc) is 3.15. The molecule has 1 amide bonds. The Bertz CT molecular complexity index is 882. The van der Waals surface area contributed by atoms with Gasteiger partial charge in [-0.1, -0.05) is 6.92 Å². The fraction of sp³-hybridized carbons (Fsp3) is 0.375. The van der Waals surface area contributed by atoms with Gasteiger partial charge in [0.05, 0.1) is 11.4 Å². The van der Waals surface area contributed by atoms with Crippen LogP contribution in [0, 0.1) is 6.92 Å². The van der Waals surface area contributed by atoms with Gasteiger partial charge in [0.15, 0.2) is 11.5 Å². The average molecular weight is 344 g/mol. The molecule has 8 heteroatoms.